The van der Waals surface area contributed by atoms with Crippen molar-refractivity contribution in [2.75, 3.05) is 9.80 Å². The summed E-state index contributed by atoms with van der Waals surface area (Å²) in [6.07, 6.45) is 13.6. The first-order valence-electron chi connectivity index (χ1n) is 17.4. The number of anilines is 2. The molecule has 2 aliphatic heterocycles. The van der Waals surface area contributed by atoms with Crippen LogP contribution in [0.5, 0.6) is 0 Å². The Morgan fingerprint density at radius 2 is 0.712 bits per heavy atom. The summed E-state index contributed by atoms with van der Waals surface area (Å²) in [5.74, 6) is -1.46. The fourth-order valence-corrected chi connectivity index (χ4v) is 8.88. The molecule has 0 unspecified atom stereocenters. The summed E-state index contributed by atoms with van der Waals surface area (Å²) < 4.78 is 0. The number of carbonyl (C=O) groups excluding carboxylic acids is 4. The molecule has 0 saturated heterocycles. The number of rotatable bonds is 4. The van der Waals surface area contributed by atoms with Gasteiger partial charge in [-0.3, -0.25) is 19.2 Å². The first kappa shape index (κ1) is 28.9. The fourth-order valence-electron chi connectivity index (χ4n) is 8.88. The molecule has 11 rings (SSSR count). The molecule has 0 spiro atoms. The van der Waals surface area contributed by atoms with E-state index in [1.54, 1.807) is 0 Å². The van der Waals surface area contributed by atoms with E-state index < -0.39 is 0 Å². The number of fused-ring (bicyclic) bond motifs is 2. The van der Waals surface area contributed by atoms with Gasteiger partial charge in [0.05, 0.1) is 11.4 Å². The molecule has 4 aliphatic rings. The van der Waals surface area contributed by atoms with Crippen LogP contribution in [0.4, 0.5) is 11.4 Å². The van der Waals surface area contributed by atoms with Gasteiger partial charge in [-0.25, -0.2) is 9.80 Å². The topological polar surface area (TPSA) is 74.8 Å². The van der Waals surface area contributed by atoms with Crippen LogP contribution in [0.2, 0.25) is 0 Å². The molecular formula is C46H26N2O4. The Morgan fingerprint density at radius 3 is 1.04 bits per heavy atom. The van der Waals surface area contributed by atoms with Crippen LogP contribution in [0.3, 0.4) is 0 Å². The van der Waals surface area contributed by atoms with Crippen LogP contribution in [0, 0.1) is 0 Å². The summed E-state index contributed by atoms with van der Waals surface area (Å²) in [5, 5.41) is 6.34. The van der Waals surface area contributed by atoms with Gasteiger partial charge in [-0.2, -0.15) is 0 Å². The Morgan fingerprint density at radius 1 is 0.365 bits per heavy atom. The van der Waals surface area contributed by atoms with E-state index in [4.69, 9.17) is 0 Å². The van der Waals surface area contributed by atoms with Crippen LogP contribution in [-0.4, -0.2) is 23.6 Å². The molecule has 0 fully saturated rings. The summed E-state index contributed by atoms with van der Waals surface area (Å²) >= 11 is 0. The second kappa shape index (κ2) is 10.3. The monoisotopic (exact) mass is 670 g/mol. The van der Waals surface area contributed by atoms with E-state index >= 15 is 0 Å². The summed E-state index contributed by atoms with van der Waals surface area (Å²) in [4.78, 5) is 60.2. The van der Waals surface area contributed by atoms with Crippen LogP contribution in [0.1, 0.15) is 65.4 Å². The molecule has 4 amide bonds. The number of imide groups is 2. The summed E-state index contributed by atoms with van der Waals surface area (Å²) in [6, 6.07) is 30.2. The van der Waals surface area contributed by atoms with Crippen molar-refractivity contribution in [1.29, 1.82) is 0 Å². The predicted molar refractivity (Wildman–Crippen MR) is 206 cm³/mol. The van der Waals surface area contributed by atoms with Crippen LogP contribution in [-0.2, 0) is 0 Å². The molecule has 0 aromatic heterocycles. The molecule has 7 aromatic rings. The lowest BCUT2D eigenvalue weighted by atomic mass is 9.82. The van der Waals surface area contributed by atoms with Gasteiger partial charge in [-0.05, 0) is 92.7 Å². The number of nitrogens with zero attached hydrogens (tertiary/aromatic N) is 2. The first-order chi connectivity index (χ1) is 25.5. The number of hydrogen-bond acceptors (Lipinski definition) is 4. The number of carbonyl (C=O) groups is 4. The van der Waals surface area contributed by atoms with E-state index in [0.717, 1.165) is 67.4 Å². The van der Waals surface area contributed by atoms with E-state index in [1.807, 2.05) is 121 Å². The van der Waals surface area contributed by atoms with Gasteiger partial charge in [0.25, 0.3) is 23.6 Å². The van der Waals surface area contributed by atoms with Gasteiger partial charge in [0.15, 0.2) is 0 Å². The first-order valence-corrected chi connectivity index (χ1v) is 17.4. The van der Waals surface area contributed by atoms with Gasteiger partial charge in [0.2, 0.25) is 0 Å². The standard InChI is InChI=1S/C46H26N2O4/c49-43-33-21-17-29-31-19-23-35-42-36(46(52)48(45(35)51)38-16-8-6-14-28(38)26-11-3-4-12-26)24-20-32(40(31)42)30-18-22-34(41(33)39(29)30)44(50)47(43)37-15-7-5-13-27(37)25-9-1-2-10-25/h1-9,11,13-24H,10,12H2. The molecule has 0 radical (unpaired) electrons. The highest BCUT2D eigenvalue weighted by atomic mass is 16.2. The molecule has 244 valence electrons. The normalized spacial score (nSPS) is 16.5. The zero-order valence-electron chi connectivity index (χ0n) is 27.6. The van der Waals surface area contributed by atoms with Crippen LogP contribution < -0.4 is 9.80 Å². The average molecular weight is 671 g/mol. The van der Waals surface area contributed by atoms with Crippen molar-refractivity contribution in [3.05, 3.63) is 167 Å². The maximum atomic E-state index is 14.4. The molecule has 6 nitrogen and oxygen atoms in total. The van der Waals surface area contributed by atoms with Crippen LogP contribution >= 0.6 is 0 Å². The van der Waals surface area contributed by atoms with Gasteiger partial charge in [-0.15, -0.1) is 0 Å². The maximum absolute atomic E-state index is 14.4. The van der Waals surface area contributed by atoms with E-state index in [9.17, 15) is 19.2 Å². The molecule has 7 aromatic carbocycles. The van der Waals surface area contributed by atoms with Crippen molar-refractivity contribution < 1.29 is 19.2 Å². The van der Waals surface area contributed by atoms with Gasteiger partial charge >= 0.3 is 0 Å². The van der Waals surface area contributed by atoms with E-state index in [1.165, 1.54) is 9.80 Å². The third-order valence-corrected chi connectivity index (χ3v) is 11.2. The van der Waals surface area contributed by atoms with Crippen molar-refractivity contribution in [3.63, 3.8) is 0 Å². The minimum absolute atomic E-state index is 0.364. The zero-order chi connectivity index (χ0) is 34.8. The van der Waals surface area contributed by atoms with E-state index in [2.05, 4.69) is 12.2 Å². The van der Waals surface area contributed by atoms with Gasteiger partial charge in [0.1, 0.15) is 0 Å². The molecule has 2 aliphatic carbocycles. The lowest BCUT2D eigenvalue weighted by Gasteiger charge is -2.31. The Labute approximate surface area is 297 Å². The molecule has 6 heteroatoms. The fraction of sp³-hybridized carbons (Fsp3) is 0.0435. The molecule has 0 atom stereocenters. The van der Waals surface area contributed by atoms with Crippen molar-refractivity contribution in [3.8, 4) is 0 Å². The quantitative estimate of drug-likeness (QED) is 0.106. The Balaban J connectivity index is 1.11. The number of hydrogen-bond donors (Lipinski definition) is 0. The summed E-state index contributed by atoms with van der Waals surface area (Å²) in [7, 11) is 0. The lowest BCUT2D eigenvalue weighted by Crippen LogP contribution is -2.41. The summed E-state index contributed by atoms with van der Waals surface area (Å²) in [5.41, 5.74) is 6.81. The SMILES string of the molecule is O=C1c2ccc3c4ccc5c6c(ccc(c7ccc(c2c37)C(=O)N1c1ccccc1C1=CC=CC1)c64)C(=O)N(c1ccccc1C1=CC=CC1)C5=O. The van der Waals surface area contributed by atoms with Crippen molar-refractivity contribution in [1.82, 2.24) is 0 Å². The molecule has 2 heterocycles. The highest BCUT2D eigenvalue weighted by molar-refractivity contribution is 6.45. The molecule has 0 N–H and O–H groups in total. The average Bonchev–Trinajstić information content (AvgIpc) is 3.92. The van der Waals surface area contributed by atoms with Crippen molar-refractivity contribution in [2.45, 2.75) is 12.8 Å². The number of allylic oxidation sites excluding steroid dienone is 8. The molecule has 0 bridgehead atoms. The Bertz CT molecular complexity index is 2670. The minimum atomic E-state index is -0.364. The zero-order valence-corrected chi connectivity index (χ0v) is 27.6. The second-order valence-electron chi connectivity index (χ2n) is 13.7. The van der Waals surface area contributed by atoms with Crippen molar-refractivity contribution >= 4 is 89.2 Å². The van der Waals surface area contributed by atoms with Crippen LogP contribution in [0.15, 0.2) is 134 Å². The number of para-hydroxylation sites is 2. The third kappa shape index (κ3) is 3.62. The number of amides is 4. The number of benzene rings is 7. The minimum Gasteiger partial charge on any atom is -0.268 e. The summed E-state index contributed by atoms with van der Waals surface area (Å²) in [6.45, 7) is 0. The predicted octanol–water partition coefficient (Wildman–Crippen LogP) is 10.0. The third-order valence-electron chi connectivity index (χ3n) is 11.2. The molecular weight excluding hydrogens is 645 g/mol. The maximum Gasteiger partial charge on any atom is 0.266 e. The van der Waals surface area contributed by atoms with Crippen molar-refractivity contribution in [2.24, 2.45) is 0 Å². The van der Waals surface area contributed by atoms with Gasteiger partial charge in [0, 0.05) is 44.2 Å². The molecule has 52 heavy (non-hydrogen) atoms. The Hall–Kier alpha value is -6.92. The lowest BCUT2D eigenvalue weighted by molar-refractivity contribution is 0.0877. The van der Waals surface area contributed by atoms with E-state index in [0.29, 0.717) is 44.4 Å². The van der Waals surface area contributed by atoms with Crippen LogP contribution in [0.25, 0.3) is 54.2 Å². The van der Waals surface area contributed by atoms with Gasteiger partial charge in [-0.1, -0.05) is 97.1 Å². The second-order valence-corrected chi connectivity index (χ2v) is 13.7. The highest BCUT2D eigenvalue weighted by Gasteiger charge is 2.39. The Kier molecular flexibility index (Phi) is 5.72. The largest absolute Gasteiger partial charge is 0.268 e. The van der Waals surface area contributed by atoms with Gasteiger partial charge < -0.3 is 0 Å². The molecule has 0 saturated carbocycles. The smallest absolute Gasteiger partial charge is 0.266 e. The highest BCUT2D eigenvalue weighted by Crippen LogP contribution is 2.48. The van der Waals surface area contributed by atoms with E-state index in [-0.39, 0.29) is 23.6 Å².